The number of nitrogens with one attached hydrogen (secondary N) is 1. The minimum absolute atomic E-state index is 0.228. The number of benzene rings is 2. The number of para-hydroxylation sites is 1. The van der Waals surface area contributed by atoms with Crippen LogP contribution < -0.4 is 19.9 Å². The van der Waals surface area contributed by atoms with Crippen molar-refractivity contribution in [3.63, 3.8) is 0 Å². The molecule has 1 N–H and O–H groups in total. The molecule has 120 valence electrons. The van der Waals surface area contributed by atoms with Crippen LogP contribution >= 0.6 is 0 Å². The molecule has 23 heavy (non-hydrogen) atoms. The van der Waals surface area contributed by atoms with Crippen LogP contribution in [0, 0.1) is 0 Å². The second-order valence-electron chi connectivity index (χ2n) is 4.81. The summed E-state index contributed by atoms with van der Waals surface area (Å²) in [5, 5.41) is 1.66. The molecular formula is C18H20N2O3. The van der Waals surface area contributed by atoms with Crippen molar-refractivity contribution < 1.29 is 14.3 Å². The molecule has 0 atom stereocenters. The predicted octanol–water partition coefficient (Wildman–Crippen LogP) is 2.88. The highest BCUT2D eigenvalue weighted by atomic mass is 16.5. The van der Waals surface area contributed by atoms with Gasteiger partial charge in [-0.1, -0.05) is 18.2 Å². The van der Waals surface area contributed by atoms with Gasteiger partial charge in [0.05, 0.1) is 19.9 Å². The molecule has 5 heteroatoms. The number of methoxy groups -OCH3 is 2. The van der Waals surface area contributed by atoms with E-state index < -0.39 is 0 Å². The third-order valence-corrected chi connectivity index (χ3v) is 3.28. The van der Waals surface area contributed by atoms with E-state index in [1.165, 1.54) is 6.08 Å². The van der Waals surface area contributed by atoms with Gasteiger partial charge >= 0.3 is 0 Å². The number of anilines is 1. The molecule has 0 unspecified atom stereocenters. The van der Waals surface area contributed by atoms with Crippen molar-refractivity contribution >= 4 is 17.7 Å². The fourth-order valence-electron chi connectivity index (χ4n) is 2.04. The Morgan fingerprint density at radius 2 is 1.83 bits per heavy atom. The first-order valence-corrected chi connectivity index (χ1v) is 7.13. The van der Waals surface area contributed by atoms with Gasteiger partial charge in [-0.05, 0) is 30.3 Å². The van der Waals surface area contributed by atoms with Crippen molar-refractivity contribution in [3.05, 3.63) is 60.2 Å². The van der Waals surface area contributed by atoms with E-state index in [4.69, 9.17) is 9.47 Å². The van der Waals surface area contributed by atoms with Crippen LogP contribution in [0.2, 0.25) is 0 Å². The Labute approximate surface area is 136 Å². The Morgan fingerprint density at radius 3 is 2.48 bits per heavy atom. The monoisotopic (exact) mass is 312 g/mol. The lowest BCUT2D eigenvalue weighted by Crippen LogP contribution is -2.38. The second-order valence-corrected chi connectivity index (χ2v) is 4.81. The van der Waals surface area contributed by atoms with E-state index in [0.29, 0.717) is 11.5 Å². The third-order valence-electron chi connectivity index (χ3n) is 3.28. The predicted molar refractivity (Wildman–Crippen MR) is 91.6 cm³/mol. The molecule has 2 aromatic carbocycles. The molecule has 2 aromatic rings. The summed E-state index contributed by atoms with van der Waals surface area (Å²) in [7, 11) is 4.96. The zero-order valence-electron chi connectivity index (χ0n) is 13.4. The van der Waals surface area contributed by atoms with E-state index in [-0.39, 0.29) is 5.91 Å². The first-order valence-electron chi connectivity index (χ1n) is 7.13. The number of ether oxygens (including phenoxy) is 2. The summed E-state index contributed by atoms with van der Waals surface area (Å²) in [6, 6.07) is 15.0. The van der Waals surface area contributed by atoms with Gasteiger partial charge in [0.2, 0.25) is 0 Å². The molecule has 0 aliphatic rings. The molecule has 0 aromatic heterocycles. The van der Waals surface area contributed by atoms with Crippen LogP contribution in [0.15, 0.2) is 54.6 Å². The highest BCUT2D eigenvalue weighted by Gasteiger charge is 2.05. The van der Waals surface area contributed by atoms with E-state index in [1.807, 2.05) is 42.5 Å². The Morgan fingerprint density at radius 1 is 1.09 bits per heavy atom. The maximum atomic E-state index is 12.0. The number of carbonyl (C=O) groups is 1. The summed E-state index contributed by atoms with van der Waals surface area (Å²) in [6.45, 7) is 0. The zero-order chi connectivity index (χ0) is 16.7. The van der Waals surface area contributed by atoms with Crippen LogP contribution in [-0.4, -0.2) is 27.2 Å². The molecule has 0 aliphatic heterocycles. The van der Waals surface area contributed by atoms with Gasteiger partial charge in [0, 0.05) is 24.8 Å². The number of hydrogen-bond donors (Lipinski definition) is 1. The quantitative estimate of drug-likeness (QED) is 0.658. The van der Waals surface area contributed by atoms with Gasteiger partial charge in [0.1, 0.15) is 11.5 Å². The number of carbonyl (C=O) groups excluding carboxylic acids is 1. The summed E-state index contributed by atoms with van der Waals surface area (Å²) in [6.07, 6.45) is 3.16. The van der Waals surface area contributed by atoms with Crippen LogP contribution in [0.5, 0.6) is 11.5 Å². The number of amides is 1. The van der Waals surface area contributed by atoms with E-state index in [9.17, 15) is 4.79 Å². The average molecular weight is 312 g/mol. The van der Waals surface area contributed by atoms with Crippen molar-refractivity contribution in [2.45, 2.75) is 0 Å². The van der Waals surface area contributed by atoms with Gasteiger partial charge in [-0.25, -0.2) is 0 Å². The molecule has 0 spiro atoms. The fraction of sp³-hybridized carbons (Fsp3) is 0.167. The molecule has 1 amide bonds. The molecule has 5 nitrogen and oxygen atoms in total. The second kappa shape index (κ2) is 7.89. The van der Waals surface area contributed by atoms with Crippen LogP contribution in [0.3, 0.4) is 0 Å². The van der Waals surface area contributed by atoms with Crippen LogP contribution in [-0.2, 0) is 4.79 Å². The molecule has 0 heterocycles. The van der Waals surface area contributed by atoms with E-state index in [2.05, 4.69) is 5.43 Å². The Kier molecular flexibility index (Phi) is 5.63. The molecule has 0 saturated carbocycles. The highest BCUT2D eigenvalue weighted by molar-refractivity contribution is 5.93. The van der Waals surface area contributed by atoms with Crippen molar-refractivity contribution in [3.8, 4) is 11.5 Å². The highest BCUT2D eigenvalue weighted by Crippen LogP contribution is 2.25. The molecule has 0 fully saturated rings. The van der Waals surface area contributed by atoms with Crippen molar-refractivity contribution in [1.82, 2.24) is 5.43 Å². The summed E-state index contributed by atoms with van der Waals surface area (Å²) < 4.78 is 10.4. The molecule has 0 aliphatic carbocycles. The molecular weight excluding hydrogens is 292 g/mol. The lowest BCUT2D eigenvalue weighted by atomic mass is 10.1. The lowest BCUT2D eigenvalue weighted by Gasteiger charge is -2.19. The van der Waals surface area contributed by atoms with E-state index in [1.54, 1.807) is 38.4 Å². The molecule has 2 rings (SSSR count). The van der Waals surface area contributed by atoms with E-state index >= 15 is 0 Å². The lowest BCUT2D eigenvalue weighted by molar-refractivity contribution is -0.116. The topological polar surface area (TPSA) is 50.8 Å². The normalized spacial score (nSPS) is 10.4. The van der Waals surface area contributed by atoms with Crippen molar-refractivity contribution in [1.29, 1.82) is 0 Å². The minimum atomic E-state index is -0.228. The zero-order valence-corrected chi connectivity index (χ0v) is 13.4. The maximum Gasteiger partial charge on any atom is 0.262 e. The van der Waals surface area contributed by atoms with Gasteiger partial charge in [-0.15, -0.1) is 0 Å². The van der Waals surface area contributed by atoms with E-state index in [0.717, 1.165) is 11.3 Å². The number of hydrogen-bond acceptors (Lipinski definition) is 4. The van der Waals surface area contributed by atoms with Gasteiger partial charge in [0.25, 0.3) is 5.91 Å². The molecule has 0 radical (unpaired) electrons. The minimum Gasteiger partial charge on any atom is -0.497 e. The first-order chi connectivity index (χ1) is 11.1. The Bertz CT molecular complexity index is 684. The third kappa shape index (κ3) is 4.51. The number of rotatable bonds is 6. The SMILES string of the molecule is COc1ccc(/C=C/C(=O)NN(C)c2ccccc2)c(OC)c1. The standard InChI is InChI=1S/C18H20N2O3/c1-20(15-7-5-4-6-8-15)19-18(21)12-10-14-9-11-16(22-2)13-17(14)23-3/h4-13H,1-3H3,(H,19,21)/b12-10+. The summed E-state index contributed by atoms with van der Waals surface area (Å²) in [5.41, 5.74) is 4.46. The van der Waals surface area contributed by atoms with Crippen LogP contribution in [0.4, 0.5) is 5.69 Å². The van der Waals surface area contributed by atoms with Crippen molar-refractivity contribution in [2.24, 2.45) is 0 Å². The van der Waals surface area contributed by atoms with Gasteiger partial charge < -0.3 is 9.47 Å². The fourth-order valence-corrected chi connectivity index (χ4v) is 2.04. The van der Waals surface area contributed by atoms with Crippen molar-refractivity contribution in [2.75, 3.05) is 26.3 Å². The smallest absolute Gasteiger partial charge is 0.262 e. The Balaban J connectivity index is 2.04. The summed E-state index contributed by atoms with van der Waals surface area (Å²) in [4.78, 5) is 12.0. The summed E-state index contributed by atoms with van der Waals surface area (Å²) in [5.74, 6) is 1.12. The van der Waals surface area contributed by atoms with Gasteiger partial charge in [-0.2, -0.15) is 0 Å². The first kappa shape index (κ1) is 16.4. The van der Waals surface area contributed by atoms with Crippen LogP contribution in [0.1, 0.15) is 5.56 Å². The number of hydrazine groups is 1. The molecule has 0 saturated heterocycles. The molecule has 0 bridgehead atoms. The largest absolute Gasteiger partial charge is 0.497 e. The van der Waals surface area contributed by atoms with Gasteiger partial charge in [-0.3, -0.25) is 15.2 Å². The maximum absolute atomic E-state index is 12.0. The summed E-state index contributed by atoms with van der Waals surface area (Å²) >= 11 is 0. The van der Waals surface area contributed by atoms with Gasteiger partial charge in [0.15, 0.2) is 0 Å². The Hall–Kier alpha value is -2.95. The van der Waals surface area contributed by atoms with Crippen LogP contribution in [0.25, 0.3) is 6.08 Å². The average Bonchev–Trinajstić information content (AvgIpc) is 2.60. The number of nitrogens with zero attached hydrogens (tertiary/aromatic N) is 1.